The molecule has 170 valence electrons. The van der Waals surface area contributed by atoms with E-state index in [1.165, 1.54) is 0 Å². The summed E-state index contributed by atoms with van der Waals surface area (Å²) in [6.45, 7) is 6.16. The maximum atomic E-state index is 12.8. The van der Waals surface area contributed by atoms with Gasteiger partial charge in [0, 0.05) is 24.6 Å². The Labute approximate surface area is 188 Å². The van der Waals surface area contributed by atoms with E-state index in [1.54, 1.807) is 37.4 Å². The van der Waals surface area contributed by atoms with Gasteiger partial charge in [0.1, 0.15) is 17.6 Å². The highest BCUT2D eigenvalue weighted by Gasteiger charge is 2.29. The number of nitrogens with one attached hydrogen (secondary N) is 1. The second-order valence-electron chi connectivity index (χ2n) is 7.39. The van der Waals surface area contributed by atoms with Crippen LogP contribution in [0.25, 0.3) is 5.69 Å². The van der Waals surface area contributed by atoms with Gasteiger partial charge >= 0.3 is 0 Å². The zero-order chi connectivity index (χ0) is 23.3. The Morgan fingerprint density at radius 3 is 2.34 bits per heavy atom. The minimum Gasteiger partial charge on any atom is -0.494 e. The van der Waals surface area contributed by atoms with Crippen molar-refractivity contribution in [2.75, 3.05) is 17.2 Å². The number of carbonyl (C=O) groups is 1. The molecular formula is C23H28N4O4S. The first-order valence-electron chi connectivity index (χ1n) is 10.3. The molecule has 1 atom stereocenters. The molecule has 1 amide bonds. The Kier molecular flexibility index (Phi) is 7.19. The van der Waals surface area contributed by atoms with Crippen LogP contribution in [-0.2, 0) is 21.4 Å². The van der Waals surface area contributed by atoms with Crippen LogP contribution in [0.15, 0.2) is 60.9 Å². The third-order valence-corrected chi connectivity index (χ3v) is 6.24. The second-order valence-corrected chi connectivity index (χ2v) is 9.25. The minimum absolute atomic E-state index is 0.285. The molecule has 8 nitrogen and oxygen atoms in total. The first-order chi connectivity index (χ1) is 15.2. The number of sulfonamides is 1. The largest absolute Gasteiger partial charge is 0.494 e. The summed E-state index contributed by atoms with van der Waals surface area (Å²) in [6, 6.07) is 13.4. The van der Waals surface area contributed by atoms with Crippen LogP contribution in [-0.4, -0.2) is 42.8 Å². The van der Waals surface area contributed by atoms with Crippen molar-refractivity contribution in [3.05, 3.63) is 72.3 Å². The van der Waals surface area contributed by atoms with Gasteiger partial charge in [-0.15, -0.1) is 0 Å². The second kappa shape index (κ2) is 9.86. The molecular weight excluding hydrogens is 428 g/mol. The van der Waals surface area contributed by atoms with Crippen LogP contribution >= 0.6 is 0 Å². The molecule has 1 N–H and O–H groups in total. The molecule has 0 spiro atoms. The Balaban J connectivity index is 1.69. The Hall–Kier alpha value is -3.33. The highest BCUT2D eigenvalue weighted by atomic mass is 32.2. The lowest BCUT2D eigenvalue weighted by Gasteiger charge is -2.28. The average Bonchev–Trinajstić information content (AvgIpc) is 3.19. The molecule has 32 heavy (non-hydrogen) atoms. The van der Waals surface area contributed by atoms with Crippen LogP contribution in [0.1, 0.15) is 25.2 Å². The average molecular weight is 457 g/mol. The summed E-state index contributed by atoms with van der Waals surface area (Å²) in [5.74, 6) is 1.13. The first kappa shape index (κ1) is 23.3. The van der Waals surface area contributed by atoms with Gasteiger partial charge in [-0.3, -0.25) is 9.10 Å². The number of aromatic nitrogens is 2. The quantitative estimate of drug-likeness (QED) is 0.534. The van der Waals surface area contributed by atoms with Gasteiger partial charge in [-0.1, -0.05) is 12.1 Å². The number of ether oxygens (including phenoxy) is 1. The molecule has 3 rings (SSSR count). The monoisotopic (exact) mass is 456 g/mol. The maximum absolute atomic E-state index is 12.8. The van der Waals surface area contributed by atoms with Crippen molar-refractivity contribution in [3.8, 4) is 11.4 Å². The number of anilines is 1. The van der Waals surface area contributed by atoms with Crippen molar-refractivity contribution in [2.45, 2.75) is 33.4 Å². The van der Waals surface area contributed by atoms with Crippen LogP contribution in [0.5, 0.6) is 5.75 Å². The lowest BCUT2D eigenvalue weighted by molar-refractivity contribution is -0.122. The first-order valence-corrected chi connectivity index (χ1v) is 12.1. The van der Waals surface area contributed by atoms with Crippen molar-refractivity contribution >= 4 is 21.6 Å². The molecule has 0 bridgehead atoms. The Morgan fingerprint density at radius 2 is 1.81 bits per heavy atom. The number of amides is 1. The zero-order valence-electron chi connectivity index (χ0n) is 18.6. The fourth-order valence-electron chi connectivity index (χ4n) is 3.43. The maximum Gasteiger partial charge on any atom is 0.243 e. The molecule has 0 radical (unpaired) electrons. The van der Waals surface area contributed by atoms with E-state index in [1.807, 2.05) is 48.9 Å². The smallest absolute Gasteiger partial charge is 0.243 e. The summed E-state index contributed by atoms with van der Waals surface area (Å²) in [5, 5.41) is 2.83. The van der Waals surface area contributed by atoms with Gasteiger partial charge in [0.15, 0.2) is 0 Å². The van der Waals surface area contributed by atoms with Gasteiger partial charge in [0.2, 0.25) is 15.9 Å². The molecule has 1 aromatic heterocycles. The zero-order valence-corrected chi connectivity index (χ0v) is 19.5. The SMILES string of the molecule is CCOc1ccc(N([C@@H](C)C(=O)NCc2ccc(-n3ccnc3C)cc2)S(C)(=O)=O)cc1. The van der Waals surface area contributed by atoms with Crippen molar-refractivity contribution in [3.63, 3.8) is 0 Å². The van der Waals surface area contributed by atoms with E-state index < -0.39 is 16.1 Å². The number of carbonyl (C=O) groups excluding carboxylic acids is 1. The lowest BCUT2D eigenvalue weighted by atomic mass is 10.2. The summed E-state index contributed by atoms with van der Waals surface area (Å²) in [4.78, 5) is 17.0. The molecule has 3 aromatic rings. The summed E-state index contributed by atoms with van der Waals surface area (Å²) >= 11 is 0. The number of imidazole rings is 1. The number of hydrogen-bond donors (Lipinski definition) is 1. The molecule has 0 unspecified atom stereocenters. The third kappa shape index (κ3) is 5.47. The van der Waals surface area contributed by atoms with Crippen molar-refractivity contribution < 1.29 is 17.9 Å². The summed E-state index contributed by atoms with van der Waals surface area (Å²) < 4.78 is 33.4. The fraction of sp³-hybridized carbons (Fsp3) is 0.304. The van der Waals surface area contributed by atoms with E-state index in [9.17, 15) is 13.2 Å². The van der Waals surface area contributed by atoms with Gasteiger partial charge < -0.3 is 14.6 Å². The van der Waals surface area contributed by atoms with Gasteiger partial charge in [-0.2, -0.15) is 0 Å². The van der Waals surface area contributed by atoms with Gasteiger partial charge in [-0.05, 0) is 62.7 Å². The topological polar surface area (TPSA) is 93.5 Å². The molecule has 0 saturated heterocycles. The van der Waals surface area contributed by atoms with E-state index in [0.29, 0.717) is 18.0 Å². The highest BCUT2D eigenvalue weighted by Crippen LogP contribution is 2.24. The number of rotatable bonds is 9. The van der Waals surface area contributed by atoms with Crippen molar-refractivity contribution in [1.29, 1.82) is 0 Å². The fourth-order valence-corrected chi connectivity index (χ4v) is 4.60. The van der Waals surface area contributed by atoms with Crippen LogP contribution < -0.4 is 14.4 Å². The molecule has 0 aliphatic rings. The van der Waals surface area contributed by atoms with Gasteiger partial charge in [-0.25, -0.2) is 13.4 Å². The third-order valence-electron chi connectivity index (χ3n) is 5.00. The summed E-state index contributed by atoms with van der Waals surface area (Å²) in [6.07, 6.45) is 4.71. The molecule has 0 aliphatic heterocycles. The number of hydrogen-bond acceptors (Lipinski definition) is 5. The molecule has 2 aromatic carbocycles. The lowest BCUT2D eigenvalue weighted by Crippen LogP contribution is -2.47. The van der Waals surface area contributed by atoms with Crippen LogP contribution in [0, 0.1) is 6.92 Å². The summed E-state index contributed by atoms with van der Waals surface area (Å²) in [5.41, 5.74) is 2.28. The van der Waals surface area contributed by atoms with E-state index in [0.717, 1.165) is 27.6 Å². The highest BCUT2D eigenvalue weighted by molar-refractivity contribution is 7.92. The molecule has 0 fully saturated rings. The normalized spacial score (nSPS) is 12.2. The Morgan fingerprint density at radius 1 is 1.16 bits per heavy atom. The minimum atomic E-state index is -3.68. The predicted octanol–water partition coefficient (Wildman–Crippen LogP) is 3.05. The predicted molar refractivity (Wildman–Crippen MR) is 125 cm³/mol. The molecule has 0 saturated carbocycles. The number of aryl methyl sites for hydroxylation is 1. The van der Waals surface area contributed by atoms with Crippen molar-refractivity contribution in [1.82, 2.24) is 14.9 Å². The van der Waals surface area contributed by atoms with E-state index >= 15 is 0 Å². The molecule has 0 aliphatic carbocycles. The molecule has 9 heteroatoms. The van der Waals surface area contributed by atoms with E-state index in [-0.39, 0.29) is 12.5 Å². The van der Waals surface area contributed by atoms with Gasteiger partial charge in [0.05, 0.1) is 18.6 Å². The number of benzene rings is 2. The van der Waals surface area contributed by atoms with Crippen LogP contribution in [0.2, 0.25) is 0 Å². The standard InChI is InChI=1S/C23H28N4O4S/c1-5-31-22-12-10-21(11-13-22)27(32(4,29)30)17(2)23(28)25-16-19-6-8-20(9-7-19)26-15-14-24-18(26)3/h6-15,17H,5,16H2,1-4H3,(H,25,28)/t17-/m0/s1. The van der Waals surface area contributed by atoms with Crippen LogP contribution in [0.4, 0.5) is 5.69 Å². The molecule has 1 heterocycles. The van der Waals surface area contributed by atoms with Crippen molar-refractivity contribution in [2.24, 2.45) is 0 Å². The van der Waals surface area contributed by atoms with E-state index in [4.69, 9.17) is 4.74 Å². The van der Waals surface area contributed by atoms with Crippen LogP contribution in [0.3, 0.4) is 0 Å². The van der Waals surface area contributed by atoms with Gasteiger partial charge in [0.25, 0.3) is 0 Å². The van der Waals surface area contributed by atoms with E-state index in [2.05, 4.69) is 10.3 Å². The number of nitrogens with zero attached hydrogens (tertiary/aromatic N) is 3. The summed E-state index contributed by atoms with van der Waals surface area (Å²) in [7, 11) is -3.68. The Bertz CT molecular complexity index is 1160.